The van der Waals surface area contributed by atoms with E-state index in [1.165, 1.54) is 25.9 Å². The van der Waals surface area contributed by atoms with Gasteiger partial charge in [-0.1, -0.05) is 0 Å². The molecule has 0 aliphatic heterocycles. The summed E-state index contributed by atoms with van der Waals surface area (Å²) in [5.74, 6) is -0.514. The van der Waals surface area contributed by atoms with Crippen molar-refractivity contribution in [3.63, 3.8) is 0 Å². The molecule has 0 rings (SSSR count). The molecule has 11 heavy (non-hydrogen) atoms. The van der Waals surface area contributed by atoms with E-state index in [0.29, 0.717) is 0 Å². The molecule has 0 aromatic heterocycles. The quantitative estimate of drug-likeness (QED) is 0.590. The average Bonchev–Trinajstić information content (AvgIpc) is 1.82. The molecule has 4 nitrogen and oxygen atoms in total. The highest BCUT2D eigenvalue weighted by Crippen LogP contribution is 2.08. The maximum Gasteiger partial charge on any atom is 0.244 e. The molecule has 0 radical (unpaired) electrons. The minimum atomic E-state index is -3.77. The molecule has 0 aliphatic rings. The lowest BCUT2D eigenvalue weighted by molar-refractivity contribution is -0.127. The fraction of sp³-hybridized carbons (Fsp3) is 0.800. The highest BCUT2D eigenvalue weighted by atomic mass is 35.7. The SMILES string of the molecule is CC(C(=O)N(C)C)S(=O)(=O)Cl. The van der Waals surface area contributed by atoms with Crippen LogP contribution in [0.5, 0.6) is 0 Å². The first-order valence-corrected chi connectivity index (χ1v) is 5.28. The normalized spacial score (nSPS) is 14.2. The Labute approximate surface area is 70.6 Å². The Morgan fingerprint density at radius 3 is 1.91 bits per heavy atom. The van der Waals surface area contributed by atoms with Gasteiger partial charge in [-0.2, -0.15) is 0 Å². The van der Waals surface area contributed by atoms with Crippen molar-refractivity contribution in [1.82, 2.24) is 4.90 Å². The zero-order valence-corrected chi connectivity index (χ0v) is 8.11. The van der Waals surface area contributed by atoms with E-state index in [1.54, 1.807) is 0 Å². The molecule has 6 heteroatoms. The largest absolute Gasteiger partial charge is 0.348 e. The lowest BCUT2D eigenvalue weighted by Gasteiger charge is -2.13. The van der Waals surface area contributed by atoms with Crippen molar-refractivity contribution in [3.8, 4) is 0 Å². The molecular weight excluding hydrogens is 190 g/mol. The van der Waals surface area contributed by atoms with Gasteiger partial charge in [0.25, 0.3) is 0 Å². The first-order valence-electron chi connectivity index (χ1n) is 2.91. The lowest BCUT2D eigenvalue weighted by atomic mass is 10.4. The van der Waals surface area contributed by atoms with Crippen LogP contribution in [0.25, 0.3) is 0 Å². The first-order chi connectivity index (χ1) is 4.76. The molecule has 0 spiro atoms. The number of hydrogen-bond acceptors (Lipinski definition) is 3. The Balaban J connectivity index is 4.53. The molecule has 0 aliphatic carbocycles. The Hall–Kier alpha value is -0.290. The van der Waals surface area contributed by atoms with E-state index in [1.807, 2.05) is 0 Å². The van der Waals surface area contributed by atoms with Gasteiger partial charge in [0.1, 0.15) is 0 Å². The van der Waals surface area contributed by atoms with Crippen molar-refractivity contribution < 1.29 is 13.2 Å². The molecule has 0 saturated heterocycles. The number of amides is 1. The van der Waals surface area contributed by atoms with Crippen molar-refractivity contribution in [2.45, 2.75) is 12.2 Å². The molecule has 0 aromatic carbocycles. The highest BCUT2D eigenvalue weighted by molar-refractivity contribution is 8.14. The second-order valence-electron chi connectivity index (χ2n) is 2.35. The maximum absolute atomic E-state index is 11.0. The lowest BCUT2D eigenvalue weighted by Crippen LogP contribution is -2.34. The first kappa shape index (κ1) is 10.7. The molecule has 1 amide bonds. The number of nitrogens with zero attached hydrogens (tertiary/aromatic N) is 1. The smallest absolute Gasteiger partial charge is 0.244 e. The number of carbonyl (C=O) groups is 1. The summed E-state index contributed by atoms with van der Waals surface area (Å²) in [5, 5.41) is -1.17. The van der Waals surface area contributed by atoms with Gasteiger partial charge in [-0.25, -0.2) is 8.42 Å². The fourth-order valence-electron chi connectivity index (χ4n) is 0.484. The van der Waals surface area contributed by atoms with Crippen LogP contribution in [-0.2, 0) is 13.8 Å². The van der Waals surface area contributed by atoms with Crippen LogP contribution >= 0.6 is 10.7 Å². The molecule has 1 unspecified atom stereocenters. The van der Waals surface area contributed by atoms with E-state index in [-0.39, 0.29) is 0 Å². The van der Waals surface area contributed by atoms with Crippen LogP contribution in [0.2, 0.25) is 0 Å². The zero-order chi connectivity index (χ0) is 9.23. The van der Waals surface area contributed by atoms with Crippen molar-refractivity contribution in [3.05, 3.63) is 0 Å². The van der Waals surface area contributed by atoms with Crippen LogP contribution in [0.15, 0.2) is 0 Å². The van der Waals surface area contributed by atoms with Crippen LogP contribution in [0.4, 0.5) is 0 Å². The maximum atomic E-state index is 11.0. The van der Waals surface area contributed by atoms with Gasteiger partial charge in [-0.15, -0.1) is 0 Å². The molecule has 0 aromatic rings. The van der Waals surface area contributed by atoms with Gasteiger partial charge in [-0.05, 0) is 6.92 Å². The van der Waals surface area contributed by atoms with Crippen LogP contribution in [0.3, 0.4) is 0 Å². The number of rotatable bonds is 2. The predicted octanol–water partition coefficient (Wildman–Crippen LogP) is 0.0317. The molecule has 0 heterocycles. The third-order valence-electron chi connectivity index (χ3n) is 1.21. The second kappa shape index (κ2) is 3.40. The molecule has 66 valence electrons. The monoisotopic (exact) mass is 199 g/mol. The van der Waals surface area contributed by atoms with E-state index >= 15 is 0 Å². The minimum absolute atomic E-state index is 0.514. The third kappa shape index (κ3) is 3.07. The van der Waals surface area contributed by atoms with Crippen LogP contribution in [0, 0.1) is 0 Å². The number of carbonyl (C=O) groups excluding carboxylic acids is 1. The summed E-state index contributed by atoms with van der Waals surface area (Å²) in [7, 11) is 4.13. The Morgan fingerprint density at radius 1 is 1.45 bits per heavy atom. The number of hydrogen-bond donors (Lipinski definition) is 0. The van der Waals surface area contributed by atoms with Gasteiger partial charge in [0.2, 0.25) is 15.0 Å². The van der Waals surface area contributed by atoms with Gasteiger partial charge in [0.15, 0.2) is 5.25 Å². The van der Waals surface area contributed by atoms with Crippen molar-refractivity contribution in [2.75, 3.05) is 14.1 Å². The number of halogens is 1. The summed E-state index contributed by atoms with van der Waals surface area (Å²) in [4.78, 5) is 12.1. The standard InChI is InChI=1S/C5H10ClNO3S/c1-4(11(6,9)10)5(8)7(2)3/h4H,1-3H3. The van der Waals surface area contributed by atoms with E-state index in [0.717, 1.165) is 0 Å². The van der Waals surface area contributed by atoms with Crippen molar-refractivity contribution >= 4 is 25.6 Å². The zero-order valence-electron chi connectivity index (χ0n) is 6.54. The van der Waals surface area contributed by atoms with Gasteiger partial charge in [0.05, 0.1) is 0 Å². The van der Waals surface area contributed by atoms with E-state index in [4.69, 9.17) is 10.7 Å². The highest BCUT2D eigenvalue weighted by Gasteiger charge is 2.26. The van der Waals surface area contributed by atoms with Crippen molar-refractivity contribution in [1.29, 1.82) is 0 Å². The van der Waals surface area contributed by atoms with Gasteiger partial charge >= 0.3 is 0 Å². The molecular formula is C5H10ClNO3S. The minimum Gasteiger partial charge on any atom is -0.348 e. The molecule has 1 atom stereocenters. The van der Waals surface area contributed by atoms with Crippen molar-refractivity contribution in [2.24, 2.45) is 0 Å². The average molecular weight is 200 g/mol. The summed E-state index contributed by atoms with van der Waals surface area (Å²) in [6.45, 7) is 1.25. The molecule has 0 N–H and O–H groups in total. The Bertz CT molecular complexity index is 246. The summed E-state index contributed by atoms with van der Waals surface area (Å²) < 4.78 is 21.2. The van der Waals surface area contributed by atoms with Crippen LogP contribution in [0.1, 0.15) is 6.92 Å². The third-order valence-corrected chi connectivity index (χ3v) is 3.06. The molecule has 0 fully saturated rings. The summed E-state index contributed by atoms with van der Waals surface area (Å²) in [6.07, 6.45) is 0. The summed E-state index contributed by atoms with van der Waals surface area (Å²) in [6, 6.07) is 0. The Kier molecular flexibility index (Phi) is 3.31. The molecule has 0 bridgehead atoms. The topological polar surface area (TPSA) is 54.5 Å². The van der Waals surface area contributed by atoms with Crippen LogP contribution < -0.4 is 0 Å². The fourth-order valence-corrected chi connectivity index (χ4v) is 1.16. The Morgan fingerprint density at radius 2 is 1.82 bits per heavy atom. The van der Waals surface area contributed by atoms with Crippen LogP contribution in [-0.4, -0.2) is 38.6 Å². The predicted molar refractivity (Wildman–Crippen MR) is 42.9 cm³/mol. The summed E-state index contributed by atoms with van der Waals surface area (Å²) >= 11 is 0. The van der Waals surface area contributed by atoms with E-state index in [9.17, 15) is 13.2 Å². The van der Waals surface area contributed by atoms with E-state index < -0.39 is 20.2 Å². The van der Waals surface area contributed by atoms with E-state index in [2.05, 4.69) is 0 Å². The van der Waals surface area contributed by atoms with Gasteiger partial charge in [0, 0.05) is 24.8 Å². The summed E-state index contributed by atoms with van der Waals surface area (Å²) in [5.41, 5.74) is 0. The molecule has 0 saturated carbocycles. The second-order valence-corrected chi connectivity index (χ2v) is 5.30. The van der Waals surface area contributed by atoms with Gasteiger partial charge < -0.3 is 4.90 Å². The van der Waals surface area contributed by atoms with Gasteiger partial charge in [-0.3, -0.25) is 4.79 Å².